The average Bonchev–Trinajstić information content (AvgIpc) is 2.74. The smallest absolute Gasteiger partial charge is 0.191 e. The number of carbonyl (C=O) groups is 1. The molecule has 0 saturated carbocycles. The first kappa shape index (κ1) is 12.3. The van der Waals surface area contributed by atoms with Gasteiger partial charge in [0.15, 0.2) is 5.78 Å². The van der Waals surface area contributed by atoms with E-state index in [0.717, 1.165) is 19.9 Å². The van der Waals surface area contributed by atoms with Gasteiger partial charge in [0.05, 0.1) is 15.2 Å². The summed E-state index contributed by atoms with van der Waals surface area (Å²) in [5.74, 6) is 0.115. The van der Waals surface area contributed by atoms with Crippen molar-refractivity contribution in [2.45, 2.75) is 6.92 Å². The van der Waals surface area contributed by atoms with E-state index in [0.29, 0.717) is 6.54 Å². The van der Waals surface area contributed by atoms with Crippen LogP contribution in [0.4, 0.5) is 5.69 Å². The highest BCUT2D eigenvalue weighted by Gasteiger charge is 2.08. The van der Waals surface area contributed by atoms with E-state index in [9.17, 15) is 4.79 Å². The third-order valence-electron chi connectivity index (χ3n) is 2.43. The van der Waals surface area contributed by atoms with Crippen molar-refractivity contribution in [1.29, 1.82) is 0 Å². The van der Waals surface area contributed by atoms with Gasteiger partial charge in [0.25, 0.3) is 0 Å². The van der Waals surface area contributed by atoms with Gasteiger partial charge >= 0.3 is 0 Å². The Morgan fingerprint density at radius 1 is 1.29 bits per heavy atom. The minimum Gasteiger partial charge on any atom is -0.377 e. The molecule has 0 aliphatic carbocycles. The lowest BCUT2D eigenvalue weighted by molar-refractivity contribution is 0.101. The fourth-order valence-corrected chi connectivity index (χ4v) is 2.82. The van der Waals surface area contributed by atoms with Crippen LogP contribution in [-0.4, -0.2) is 12.3 Å². The van der Waals surface area contributed by atoms with Crippen LogP contribution >= 0.6 is 27.3 Å². The summed E-state index contributed by atoms with van der Waals surface area (Å²) in [4.78, 5) is 12.6. The van der Waals surface area contributed by atoms with Gasteiger partial charge in [-0.25, -0.2) is 0 Å². The van der Waals surface area contributed by atoms with E-state index in [1.165, 1.54) is 11.3 Å². The summed E-state index contributed by atoms with van der Waals surface area (Å²) in [5, 5.41) is 3.16. The number of anilines is 1. The molecule has 0 aliphatic heterocycles. The number of thiophene rings is 1. The molecule has 17 heavy (non-hydrogen) atoms. The van der Waals surface area contributed by atoms with Crippen LogP contribution in [0.25, 0.3) is 0 Å². The maximum atomic E-state index is 11.9. The van der Waals surface area contributed by atoms with Crippen molar-refractivity contribution in [1.82, 2.24) is 0 Å². The van der Waals surface area contributed by atoms with Gasteiger partial charge in [-0.15, -0.1) is 11.3 Å². The van der Waals surface area contributed by atoms with Crippen LogP contribution in [0.5, 0.6) is 0 Å². The van der Waals surface area contributed by atoms with E-state index in [4.69, 9.17) is 0 Å². The standard InChI is InChI=1S/C13H12BrNOS/c1-9-4-2-3-5-10(9)15-8-11(16)12-6-7-13(14)17-12/h2-7,15H,8H2,1H3. The first-order chi connectivity index (χ1) is 8.16. The number of nitrogens with one attached hydrogen (secondary N) is 1. The molecular formula is C13H12BrNOS. The van der Waals surface area contributed by atoms with Crippen molar-refractivity contribution >= 4 is 38.7 Å². The molecule has 2 nitrogen and oxygen atoms in total. The second-order valence-electron chi connectivity index (χ2n) is 3.70. The van der Waals surface area contributed by atoms with Crippen LogP contribution < -0.4 is 5.32 Å². The molecule has 2 aromatic rings. The fourth-order valence-electron chi connectivity index (χ4n) is 1.50. The van der Waals surface area contributed by atoms with Gasteiger partial charge in [-0.2, -0.15) is 0 Å². The van der Waals surface area contributed by atoms with E-state index in [-0.39, 0.29) is 5.78 Å². The molecule has 1 aromatic heterocycles. The predicted molar refractivity (Wildman–Crippen MR) is 76.0 cm³/mol. The largest absolute Gasteiger partial charge is 0.377 e. The number of halogens is 1. The van der Waals surface area contributed by atoms with Crippen LogP contribution in [0.15, 0.2) is 40.2 Å². The molecule has 0 radical (unpaired) electrons. The van der Waals surface area contributed by atoms with E-state index < -0.39 is 0 Å². The zero-order valence-corrected chi connectivity index (χ0v) is 11.8. The molecule has 4 heteroatoms. The molecule has 0 amide bonds. The maximum absolute atomic E-state index is 11.9. The third-order valence-corrected chi connectivity index (χ3v) is 4.10. The lowest BCUT2D eigenvalue weighted by atomic mass is 10.2. The van der Waals surface area contributed by atoms with Crippen LogP contribution in [0.3, 0.4) is 0 Å². The Morgan fingerprint density at radius 3 is 2.71 bits per heavy atom. The summed E-state index contributed by atoms with van der Waals surface area (Å²) >= 11 is 4.82. The SMILES string of the molecule is Cc1ccccc1NCC(=O)c1ccc(Br)s1. The summed E-state index contributed by atoms with van der Waals surface area (Å²) in [6.45, 7) is 2.35. The van der Waals surface area contributed by atoms with E-state index in [2.05, 4.69) is 21.2 Å². The highest BCUT2D eigenvalue weighted by Crippen LogP contribution is 2.22. The van der Waals surface area contributed by atoms with Crippen LogP contribution in [0, 0.1) is 6.92 Å². The molecule has 1 aromatic carbocycles. The van der Waals surface area contributed by atoms with E-state index >= 15 is 0 Å². The topological polar surface area (TPSA) is 29.1 Å². The van der Waals surface area contributed by atoms with Gasteiger partial charge in [0.2, 0.25) is 0 Å². The Morgan fingerprint density at radius 2 is 2.06 bits per heavy atom. The maximum Gasteiger partial charge on any atom is 0.191 e. The van der Waals surface area contributed by atoms with Crippen molar-refractivity contribution in [2.75, 3.05) is 11.9 Å². The van der Waals surface area contributed by atoms with E-state index in [1.54, 1.807) is 0 Å². The molecule has 0 saturated heterocycles. The summed E-state index contributed by atoms with van der Waals surface area (Å²) in [6.07, 6.45) is 0. The Hall–Kier alpha value is -1.13. The lowest BCUT2D eigenvalue weighted by Crippen LogP contribution is -2.13. The van der Waals surface area contributed by atoms with Crippen molar-refractivity contribution in [3.8, 4) is 0 Å². The molecule has 0 bridgehead atoms. The number of hydrogen-bond acceptors (Lipinski definition) is 3. The fraction of sp³-hybridized carbons (Fsp3) is 0.154. The molecule has 0 unspecified atom stereocenters. The van der Waals surface area contributed by atoms with Gasteiger partial charge in [-0.1, -0.05) is 18.2 Å². The normalized spacial score (nSPS) is 10.2. The Kier molecular flexibility index (Phi) is 3.97. The van der Waals surface area contributed by atoms with E-state index in [1.807, 2.05) is 43.3 Å². The number of Topliss-reactive ketones (excluding diaryl/α,β-unsaturated/α-hetero) is 1. The first-order valence-electron chi connectivity index (χ1n) is 5.25. The van der Waals surface area contributed by atoms with Gasteiger partial charge in [0.1, 0.15) is 0 Å². The number of rotatable bonds is 4. The quantitative estimate of drug-likeness (QED) is 0.861. The van der Waals surface area contributed by atoms with Gasteiger partial charge < -0.3 is 5.32 Å². The molecule has 0 aliphatic rings. The second-order valence-corrected chi connectivity index (χ2v) is 6.16. The second kappa shape index (κ2) is 5.47. The molecule has 1 heterocycles. The minimum atomic E-state index is 0.115. The molecule has 1 N–H and O–H groups in total. The van der Waals surface area contributed by atoms with Crippen molar-refractivity contribution in [2.24, 2.45) is 0 Å². The van der Waals surface area contributed by atoms with Gasteiger partial charge in [-0.3, -0.25) is 4.79 Å². The van der Waals surface area contributed by atoms with Gasteiger partial charge in [-0.05, 0) is 46.6 Å². The zero-order valence-electron chi connectivity index (χ0n) is 9.37. The van der Waals surface area contributed by atoms with Gasteiger partial charge in [0, 0.05) is 5.69 Å². The highest BCUT2D eigenvalue weighted by atomic mass is 79.9. The molecule has 0 spiro atoms. The number of ketones is 1. The van der Waals surface area contributed by atoms with Crippen molar-refractivity contribution in [3.63, 3.8) is 0 Å². The average molecular weight is 310 g/mol. The molecule has 2 rings (SSSR count). The molecular weight excluding hydrogens is 298 g/mol. The number of carbonyl (C=O) groups excluding carboxylic acids is 1. The summed E-state index contributed by atoms with van der Waals surface area (Å²) in [6, 6.07) is 11.7. The predicted octanol–water partition coefficient (Wildman–Crippen LogP) is 4.11. The molecule has 0 atom stereocenters. The highest BCUT2D eigenvalue weighted by molar-refractivity contribution is 9.11. The summed E-state index contributed by atoms with van der Waals surface area (Å²) in [5.41, 5.74) is 2.16. The van der Waals surface area contributed by atoms with Crippen LogP contribution in [0.1, 0.15) is 15.2 Å². The van der Waals surface area contributed by atoms with Crippen molar-refractivity contribution in [3.05, 3.63) is 50.6 Å². The lowest BCUT2D eigenvalue weighted by Gasteiger charge is -2.07. The van der Waals surface area contributed by atoms with Crippen LogP contribution in [-0.2, 0) is 0 Å². The number of benzene rings is 1. The first-order valence-corrected chi connectivity index (χ1v) is 6.86. The van der Waals surface area contributed by atoms with Crippen LogP contribution in [0.2, 0.25) is 0 Å². The summed E-state index contributed by atoms with van der Waals surface area (Å²) in [7, 11) is 0. The Bertz CT molecular complexity index is 536. The number of aryl methyl sites for hydroxylation is 1. The Balaban J connectivity index is 1.99. The molecule has 0 fully saturated rings. The zero-order chi connectivity index (χ0) is 12.3. The number of para-hydroxylation sites is 1. The molecule has 88 valence electrons. The summed E-state index contributed by atoms with van der Waals surface area (Å²) < 4.78 is 0.983. The number of hydrogen-bond donors (Lipinski definition) is 1. The van der Waals surface area contributed by atoms with Crippen molar-refractivity contribution < 1.29 is 4.79 Å². The Labute approximate surface area is 113 Å². The monoisotopic (exact) mass is 309 g/mol. The third kappa shape index (κ3) is 3.17. The minimum absolute atomic E-state index is 0.115.